The number of aliphatic carboxylic acids is 1. The molecule has 4 atom stereocenters. The summed E-state index contributed by atoms with van der Waals surface area (Å²) in [4.78, 5) is 81.3. The third kappa shape index (κ3) is 12.5. The molecule has 0 aliphatic carbocycles. The van der Waals surface area contributed by atoms with Crippen LogP contribution in [0.15, 0.2) is 96.4 Å². The van der Waals surface area contributed by atoms with E-state index in [1.54, 1.807) is 45.0 Å². The summed E-state index contributed by atoms with van der Waals surface area (Å²) in [6.45, 7) is 4.67. The van der Waals surface area contributed by atoms with Crippen molar-refractivity contribution in [3.63, 3.8) is 0 Å². The second-order valence-corrected chi connectivity index (χ2v) is 15.5. The number of carbonyl (C=O) groups excluding carboxylic acids is 5. The van der Waals surface area contributed by atoms with Crippen molar-refractivity contribution >= 4 is 46.9 Å². The van der Waals surface area contributed by atoms with E-state index in [0.717, 1.165) is 16.0 Å². The maximum absolute atomic E-state index is 14.3. The van der Waals surface area contributed by atoms with Gasteiger partial charge in [-0.2, -0.15) is 0 Å². The van der Waals surface area contributed by atoms with E-state index in [9.17, 15) is 33.9 Å². The number of rotatable bonds is 9. The van der Waals surface area contributed by atoms with Gasteiger partial charge in [-0.05, 0) is 73.0 Å². The molecule has 4 amide bonds. The molecule has 3 aromatic carbocycles. The molecule has 3 heterocycles. The first-order chi connectivity index (χ1) is 26.7. The van der Waals surface area contributed by atoms with Gasteiger partial charge >= 0.3 is 11.9 Å². The zero-order valence-electron chi connectivity index (χ0n) is 31.4. The van der Waals surface area contributed by atoms with Crippen molar-refractivity contribution in [1.29, 1.82) is 0 Å². The molecule has 14 heteroatoms. The van der Waals surface area contributed by atoms with Crippen molar-refractivity contribution in [2.45, 2.75) is 82.6 Å². The van der Waals surface area contributed by atoms with E-state index in [1.165, 1.54) is 11.3 Å². The Bertz CT molecular complexity index is 1980. The highest BCUT2D eigenvalue weighted by Gasteiger charge is 2.33. The second-order valence-electron chi connectivity index (χ2n) is 14.5. The van der Waals surface area contributed by atoms with Crippen LogP contribution in [0.5, 0.6) is 5.75 Å². The number of nitrogens with one attached hydrogen (secondary N) is 4. The molecule has 5 N–H and O–H groups in total. The monoisotopic (exact) mass is 782 g/mol. The quantitative estimate of drug-likeness (QED) is 0.124. The molecule has 56 heavy (non-hydrogen) atoms. The number of hydrogen-bond donors (Lipinski definition) is 5. The maximum Gasteiger partial charge on any atom is 0.326 e. The van der Waals surface area contributed by atoms with Crippen LogP contribution in [0.1, 0.15) is 49.6 Å². The summed E-state index contributed by atoms with van der Waals surface area (Å²) in [6, 6.07) is 22.0. The first-order valence-corrected chi connectivity index (χ1v) is 19.1. The van der Waals surface area contributed by atoms with Gasteiger partial charge in [0.2, 0.25) is 17.7 Å². The first kappa shape index (κ1) is 41.1. The van der Waals surface area contributed by atoms with Gasteiger partial charge in [-0.25, -0.2) is 4.79 Å². The Morgan fingerprint density at radius 1 is 0.750 bits per heavy atom. The highest BCUT2D eigenvalue weighted by atomic mass is 32.1. The summed E-state index contributed by atoms with van der Waals surface area (Å²) >= 11 is 1.40. The summed E-state index contributed by atoms with van der Waals surface area (Å²) in [5.74, 6) is -4.46. The molecule has 13 nitrogen and oxygen atoms in total. The molecule has 2 aliphatic heterocycles. The third-order valence-electron chi connectivity index (χ3n) is 8.81. The Morgan fingerprint density at radius 2 is 1.38 bits per heavy atom. The highest BCUT2D eigenvalue weighted by molar-refractivity contribution is 7.09. The second kappa shape index (κ2) is 19.0. The van der Waals surface area contributed by atoms with Crippen molar-refractivity contribution in [3.05, 3.63) is 112 Å². The topological polar surface area (TPSA) is 189 Å². The van der Waals surface area contributed by atoms with Gasteiger partial charge in [0.1, 0.15) is 35.5 Å². The lowest BCUT2D eigenvalue weighted by Gasteiger charge is -2.26. The van der Waals surface area contributed by atoms with Crippen molar-refractivity contribution in [2.24, 2.45) is 0 Å². The number of carboxylic acid groups (broad SMARTS) is 1. The Balaban J connectivity index is 1.49. The van der Waals surface area contributed by atoms with Crippen LogP contribution < -0.4 is 26.0 Å². The predicted molar refractivity (Wildman–Crippen MR) is 210 cm³/mol. The largest absolute Gasteiger partial charge is 0.484 e. The molecule has 1 aromatic heterocycles. The number of ether oxygens (including phenoxy) is 2. The standard InChI is InChI=1S/C42H46N4O9S/c1-42(2,3)55-37(48)20-19-32-38(49)46-35(41(52)53)23-27-13-17-30(18-14-27)54-25-36(47)43-34(24-31-10-7-21-56-31)40(51)45-33(39(50)44-32)22-26-11-15-29(16-12-26)28-8-5-4-6-9-28/h4-18,21,32-35H,19-20,22-25H2,1-3H3,(H,43,47)(H,44,50)(H,45,51)(H,46,49)(H,52,53)/t32-,33+,34-,35-/m0/s1. The van der Waals surface area contributed by atoms with E-state index in [4.69, 9.17) is 9.47 Å². The van der Waals surface area contributed by atoms with Crippen LogP contribution in [-0.4, -0.2) is 77.0 Å². The van der Waals surface area contributed by atoms with Gasteiger partial charge in [0, 0.05) is 30.6 Å². The smallest absolute Gasteiger partial charge is 0.326 e. The number of carboxylic acids is 1. The van der Waals surface area contributed by atoms with Gasteiger partial charge < -0.3 is 35.8 Å². The van der Waals surface area contributed by atoms with E-state index in [0.29, 0.717) is 16.9 Å². The van der Waals surface area contributed by atoms with Crippen LogP contribution in [0.25, 0.3) is 11.1 Å². The minimum absolute atomic E-state index is 0.0123. The van der Waals surface area contributed by atoms with Gasteiger partial charge in [0.15, 0.2) is 6.61 Å². The molecular formula is C42H46N4O9S. The fourth-order valence-electron chi connectivity index (χ4n) is 6.03. The fourth-order valence-corrected chi connectivity index (χ4v) is 6.78. The van der Waals surface area contributed by atoms with Crippen LogP contribution in [-0.2, 0) is 52.8 Å². The average Bonchev–Trinajstić information content (AvgIpc) is 3.68. The molecule has 2 bridgehead atoms. The molecule has 0 fully saturated rings. The highest BCUT2D eigenvalue weighted by Crippen LogP contribution is 2.21. The van der Waals surface area contributed by atoms with Gasteiger partial charge in [-0.1, -0.05) is 72.8 Å². The molecule has 0 saturated heterocycles. The number of amides is 4. The zero-order valence-corrected chi connectivity index (χ0v) is 32.2. The Morgan fingerprint density at radius 3 is 2.00 bits per heavy atom. The molecule has 0 unspecified atom stereocenters. The zero-order chi connectivity index (χ0) is 40.2. The minimum atomic E-state index is -1.40. The van der Waals surface area contributed by atoms with Crippen molar-refractivity contribution < 1.29 is 43.3 Å². The minimum Gasteiger partial charge on any atom is -0.484 e. The van der Waals surface area contributed by atoms with Crippen LogP contribution in [0, 0.1) is 0 Å². The van der Waals surface area contributed by atoms with Crippen LogP contribution in [0.3, 0.4) is 0 Å². The number of fused-ring (bicyclic) bond motifs is 16. The average molecular weight is 783 g/mol. The summed E-state index contributed by atoms with van der Waals surface area (Å²) in [7, 11) is 0. The lowest BCUT2D eigenvalue weighted by Crippen LogP contribution is -2.59. The van der Waals surface area contributed by atoms with E-state index in [-0.39, 0.29) is 32.1 Å². The molecule has 2 aliphatic rings. The summed E-state index contributed by atoms with van der Waals surface area (Å²) in [5, 5.41) is 22.6. The predicted octanol–water partition coefficient (Wildman–Crippen LogP) is 3.98. The lowest BCUT2D eigenvalue weighted by atomic mass is 9.99. The molecular weight excluding hydrogens is 737 g/mol. The first-order valence-electron chi connectivity index (χ1n) is 18.3. The van der Waals surface area contributed by atoms with Crippen molar-refractivity contribution in [2.75, 3.05) is 6.61 Å². The lowest BCUT2D eigenvalue weighted by molar-refractivity contribution is -0.155. The summed E-state index contributed by atoms with van der Waals surface area (Å²) in [5.41, 5.74) is 2.34. The Labute approximate surface area is 329 Å². The van der Waals surface area contributed by atoms with Crippen molar-refractivity contribution in [3.8, 4) is 16.9 Å². The van der Waals surface area contributed by atoms with Gasteiger partial charge in [-0.15, -0.1) is 11.3 Å². The van der Waals surface area contributed by atoms with Crippen LogP contribution in [0.4, 0.5) is 0 Å². The number of carbonyl (C=O) groups is 6. The van der Waals surface area contributed by atoms with Crippen molar-refractivity contribution in [1.82, 2.24) is 21.3 Å². The van der Waals surface area contributed by atoms with Gasteiger partial charge in [0.25, 0.3) is 5.91 Å². The molecule has 294 valence electrons. The van der Waals surface area contributed by atoms with E-state index in [1.807, 2.05) is 72.1 Å². The van der Waals surface area contributed by atoms with Gasteiger partial charge in [-0.3, -0.25) is 24.0 Å². The van der Waals surface area contributed by atoms with E-state index in [2.05, 4.69) is 21.3 Å². The van der Waals surface area contributed by atoms with Crippen LogP contribution >= 0.6 is 11.3 Å². The van der Waals surface area contributed by atoms with Gasteiger partial charge in [0.05, 0.1) is 0 Å². The Hall–Kier alpha value is -6.02. The summed E-state index contributed by atoms with van der Waals surface area (Å²) < 4.78 is 11.1. The number of esters is 1. The normalized spacial score (nSPS) is 19.8. The molecule has 0 saturated carbocycles. The third-order valence-corrected chi connectivity index (χ3v) is 9.71. The van der Waals surface area contributed by atoms with E-state index >= 15 is 0 Å². The number of thiophene rings is 1. The summed E-state index contributed by atoms with van der Waals surface area (Å²) in [6.07, 6.45) is -0.504. The number of benzene rings is 3. The molecule has 4 aromatic rings. The molecule has 0 radical (unpaired) electrons. The SMILES string of the molecule is CC(C)(C)OC(=O)CC[C@@H]1NC(=O)[C@@H](Cc2ccc(-c3ccccc3)cc2)NC(=O)[C@H](Cc2cccs2)NC(=O)COc2ccc(cc2)C[C@@H](C(=O)O)NC1=O. The number of hydrogen-bond acceptors (Lipinski definition) is 9. The maximum atomic E-state index is 14.3. The fraction of sp³-hybridized carbons (Fsp3) is 0.333. The molecule has 0 spiro atoms. The Kier molecular flexibility index (Phi) is 14.0. The molecule has 6 rings (SSSR count). The van der Waals surface area contributed by atoms with Crippen LogP contribution in [0.2, 0.25) is 0 Å². The van der Waals surface area contributed by atoms with E-state index < -0.39 is 71.9 Å².